The molecular formula is C10H11NO2. The Labute approximate surface area is 76.5 Å². The van der Waals surface area contributed by atoms with E-state index in [2.05, 4.69) is 5.32 Å². The van der Waals surface area contributed by atoms with E-state index in [0.717, 1.165) is 24.2 Å². The zero-order valence-corrected chi connectivity index (χ0v) is 7.46. The maximum Gasteiger partial charge on any atom is 0.186 e. The molecule has 68 valence electrons. The van der Waals surface area contributed by atoms with Gasteiger partial charge in [0.05, 0.1) is 5.70 Å². The lowest BCUT2D eigenvalue weighted by Gasteiger charge is -2.18. The minimum absolute atomic E-state index is 0.106. The summed E-state index contributed by atoms with van der Waals surface area (Å²) in [7, 11) is 0. The van der Waals surface area contributed by atoms with Gasteiger partial charge < -0.3 is 10.1 Å². The SMILES string of the molecule is C/C=C1\C(=O)C=C2NCC[C@@H]3O[C@@]213. The molecule has 0 bridgehead atoms. The third kappa shape index (κ3) is 0.672. The van der Waals surface area contributed by atoms with Crippen LogP contribution in [0.4, 0.5) is 0 Å². The summed E-state index contributed by atoms with van der Waals surface area (Å²) >= 11 is 0. The molecule has 2 heterocycles. The fraction of sp³-hybridized carbons (Fsp3) is 0.500. The summed E-state index contributed by atoms with van der Waals surface area (Å²) in [5.41, 5.74) is 1.45. The number of ether oxygens (including phenoxy) is 1. The molecule has 13 heavy (non-hydrogen) atoms. The standard InChI is InChI=1S/C10H11NO2/c1-2-6-7(12)5-8-10(6)9(13-10)3-4-11-8/h2,5,9,11H,3-4H2,1H3/b6-2+/t9-,10+/m0/s1. The third-order valence-electron chi connectivity index (χ3n) is 3.08. The summed E-state index contributed by atoms with van der Waals surface area (Å²) in [4.78, 5) is 11.5. The van der Waals surface area contributed by atoms with Gasteiger partial charge in [0.25, 0.3) is 0 Å². The Hall–Kier alpha value is -1.09. The van der Waals surface area contributed by atoms with Gasteiger partial charge in [-0.05, 0) is 13.3 Å². The minimum atomic E-state index is -0.343. The molecule has 0 aromatic rings. The van der Waals surface area contributed by atoms with Crippen LogP contribution in [0.3, 0.4) is 0 Å². The van der Waals surface area contributed by atoms with Crippen molar-refractivity contribution in [2.45, 2.75) is 25.0 Å². The number of piperidine rings is 1. The van der Waals surface area contributed by atoms with E-state index in [1.54, 1.807) is 6.08 Å². The predicted octanol–water partition coefficient (Wildman–Crippen LogP) is 0.530. The molecule has 2 saturated heterocycles. The number of epoxide rings is 1. The number of rotatable bonds is 0. The molecule has 1 aliphatic carbocycles. The van der Waals surface area contributed by atoms with Gasteiger partial charge in [0, 0.05) is 18.2 Å². The van der Waals surface area contributed by atoms with Gasteiger partial charge in [0.15, 0.2) is 11.4 Å². The maximum atomic E-state index is 11.5. The second-order valence-corrected chi connectivity index (χ2v) is 3.68. The molecule has 1 spiro atoms. The van der Waals surface area contributed by atoms with Gasteiger partial charge in [-0.1, -0.05) is 6.08 Å². The van der Waals surface area contributed by atoms with Crippen LogP contribution in [-0.4, -0.2) is 24.0 Å². The highest BCUT2D eigenvalue weighted by Gasteiger charge is 2.66. The first kappa shape index (κ1) is 7.33. The van der Waals surface area contributed by atoms with Crippen LogP contribution in [0.1, 0.15) is 13.3 Å². The van der Waals surface area contributed by atoms with Gasteiger partial charge in [0.2, 0.25) is 0 Å². The van der Waals surface area contributed by atoms with Crippen molar-refractivity contribution in [2.75, 3.05) is 6.54 Å². The molecule has 0 unspecified atom stereocenters. The highest BCUT2D eigenvalue weighted by molar-refractivity contribution is 6.11. The summed E-state index contributed by atoms with van der Waals surface area (Å²) in [6.45, 7) is 2.81. The minimum Gasteiger partial charge on any atom is -0.385 e. The van der Waals surface area contributed by atoms with Crippen molar-refractivity contribution >= 4 is 5.78 Å². The van der Waals surface area contributed by atoms with Crippen LogP contribution in [0.2, 0.25) is 0 Å². The lowest BCUT2D eigenvalue weighted by atomic mass is 9.92. The number of allylic oxidation sites excluding steroid dienone is 2. The number of carbonyl (C=O) groups excluding carboxylic acids is 1. The van der Waals surface area contributed by atoms with Gasteiger partial charge >= 0.3 is 0 Å². The lowest BCUT2D eigenvalue weighted by molar-refractivity contribution is -0.111. The van der Waals surface area contributed by atoms with Crippen LogP contribution < -0.4 is 5.32 Å². The zero-order valence-electron chi connectivity index (χ0n) is 7.46. The number of hydrogen-bond acceptors (Lipinski definition) is 3. The molecule has 0 aromatic heterocycles. The molecule has 1 N–H and O–H groups in total. The van der Waals surface area contributed by atoms with Crippen LogP contribution in [-0.2, 0) is 9.53 Å². The Morgan fingerprint density at radius 2 is 2.62 bits per heavy atom. The van der Waals surface area contributed by atoms with Crippen LogP contribution in [0.5, 0.6) is 0 Å². The Balaban J connectivity index is 2.12. The smallest absolute Gasteiger partial charge is 0.186 e. The Bertz CT molecular complexity index is 356. The number of hydrogen-bond donors (Lipinski definition) is 1. The number of nitrogens with one attached hydrogen (secondary N) is 1. The van der Waals surface area contributed by atoms with E-state index >= 15 is 0 Å². The molecule has 0 saturated carbocycles. The van der Waals surface area contributed by atoms with Gasteiger partial charge in [-0.15, -0.1) is 0 Å². The zero-order chi connectivity index (χ0) is 9.05. The van der Waals surface area contributed by atoms with E-state index in [-0.39, 0.29) is 17.5 Å². The van der Waals surface area contributed by atoms with E-state index in [4.69, 9.17) is 4.74 Å². The van der Waals surface area contributed by atoms with Crippen molar-refractivity contribution in [2.24, 2.45) is 0 Å². The molecule has 0 radical (unpaired) electrons. The van der Waals surface area contributed by atoms with E-state index in [1.165, 1.54) is 0 Å². The summed E-state index contributed by atoms with van der Waals surface area (Å²) < 4.78 is 5.64. The summed E-state index contributed by atoms with van der Waals surface area (Å²) in [5, 5.41) is 3.23. The van der Waals surface area contributed by atoms with E-state index in [9.17, 15) is 4.79 Å². The first-order valence-electron chi connectivity index (χ1n) is 4.64. The van der Waals surface area contributed by atoms with Gasteiger partial charge in [-0.2, -0.15) is 0 Å². The number of ketones is 1. The molecule has 3 aliphatic rings. The second kappa shape index (κ2) is 2.04. The summed E-state index contributed by atoms with van der Waals surface area (Å²) in [5.74, 6) is 0.106. The second-order valence-electron chi connectivity index (χ2n) is 3.68. The fourth-order valence-electron chi connectivity index (χ4n) is 2.45. The van der Waals surface area contributed by atoms with Crippen molar-refractivity contribution in [1.29, 1.82) is 0 Å². The van der Waals surface area contributed by atoms with Crippen molar-refractivity contribution in [1.82, 2.24) is 5.32 Å². The third-order valence-corrected chi connectivity index (χ3v) is 3.08. The van der Waals surface area contributed by atoms with E-state index in [1.807, 2.05) is 13.0 Å². The fourth-order valence-corrected chi connectivity index (χ4v) is 2.45. The molecule has 2 fully saturated rings. The van der Waals surface area contributed by atoms with Gasteiger partial charge in [-0.3, -0.25) is 4.79 Å². The van der Waals surface area contributed by atoms with Gasteiger partial charge in [-0.25, -0.2) is 0 Å². The predicted molar refractivity (Wildman–Crippen MR) is 47.1 cm³/mol. The van der Waals surface area contributed by atoms with Crippen LogP contribution in [0.25, 0.3) is 0 Å². The van der Waals surface area contributed by atoms with E-state index in [0.29, 0.717) is 0 Å². The first-order valence-corrected chi connectivity index (χ1v) is 4.64. The maximum absolute atomic E-state index is 11.5. The Morgan fingerprint density at radius 3 is 3.38 bits per heavy atom. The van der Waals surface area contributed by atoms with Crippen molar-refractivity contribution in [3.05, 3.63) is 23.4 Å². The topological polar surface area (TPSA) is 41.6 Å². The van der Waals surface area contributed by atoms with Crippen LogP contribution >= 0.6 is 0 Å². The Kier molecular flexibility index (Phi) is 1.15. The van der Waals surface area contributed by atoms with Crippen molar-refractivity contribution in [3.8, 4) is 0 Å². The lowest BCUT2D eigenvalue weighted by Crippen LogP contribution is -2.34. The molecule has 2 aliphatic heterocycles. The quantitative estimate of drug-likeness (QED) is 0.433. The van der Waals surface area contributed by atoms with Gasteiger partial charge in [0.1, 0.15) is 6.10 Å². The molecule has 2 atom stereocenters. The molecule has 3 heteroatoms. The average Bonchev–Trinajstić information content (AvgIpc) is 2.75. The van der Waals surface area contributed by atoms with E-state index < -0.39 is 0 Å². The van der Waals surface area contributed by atoms with Crippen LogP contribution in [0, 0.1) is 0 Å². The summed E-state index contributed by atoms with van der Waals surface area (Å²) in [6, 6.07) is 0. The largest absolute Gasteiger partial charge is 0.385 e. The number of carbonyl (C=O) groups is 1. The molecule has 3 nitrogen and oxygen atoms in total. The molecule has 0 aromatic carbocycles. The monoisotopic (exact) mass is 177 g/mol. The van der Waals surface area contributed by atoms with Crippen molar-refractivity contribution in [3.63, 3.8) is 0 Å². The summed E-state index contributed by atoms with van der Waals surface area (Å²) in [6.07, 6.45) is 4.80. The molecule has 3 rings (SSSR count). The first-order chi connectivity index (χ1) is 6.29. The van der Waals surface area contributed by atoms with Crippen LogP contribution in [0.15, 0.2) is 23.4 Å². The average molecular weight is 177 g/mol. The molecule has 0 amide bonds. The van der Waals surface area contributed by atoms with Crippen molar-refractivity contribution < 1.29 is 9.53 Å². The Morgan fingerprint density at radius 1 is 1.77 bits per heavy atom. The highest BCUT2D eigenvalue weighted by Crippen LogP contribution is 2.54. The molecular weight excluding hydrogens is 166 g/mol. The highest BCUT2D eigenvalue weighted by atomic mass is 16.6. The normalized spacial score (nSPS) is 43.8.